The number of esters is 2. The third kappa shape index (κ3) is 6.83. The molecule has 0 fully saturated rings. The van der Waals surface area contributed by atoms with E-state index in [2.05, 4.69) is 9.72 Å². The molecule has 0 radical (unpaired) electrons. The molecule has 2 aromatic carbocycles. The number of ether oxygens (including phenoxy) is 2. The summed E-state index contributed by atoms with van der Waals surface area (Å²) in [5.74, 6) is -10.8. The van der Waals surface area contributed by atoms with Crippen LogP contribution in [0.5, 0.6) is 0 Å². The lowest BCUT2D eigenvalue weighted by atomic mass is 10.1. The maximum Gasteiger partial charge on any atom is 0.360 e. The van der Waals surface area contributed by atoms with Crippen LogP contribution in [0.25, 0.3) is 17.1 Å². The number of aliphatic hydroxyl groups excluding tert-OH is 1. The van der Waals surface area contributed by atoms with Gasteiger partial charge in [0.15, 0.2) is 52.1 Å². The van der Waals surface area contributed by atoms with Gasteiger partial charge in [-0.3, -0.25) is 0 Å². The number of nitrogens with two attached hydrogens (primary N) is 1. The number of hydrogen-bond donors (Lipinski definition) is 2. The lowest BCUT2D eigenvalue weighted by molar-refractivity contribution is -0.138. The summed E-state index contributed by atoms with van der Waals surface area (Å²) < 4.78 is 93.0. The van der Waals surface area contributed by atoms with Crippen molar-refractivity contribution >= 4 is 17.7 Å². The number of carbonyl (C=O) groups is 2. The van der Waals surface area contributed by atoms with Crippen LogP contribution in [-0.4, -0.2) is 35.2 Å². The second-order valence-corrected chi connectivity index (χ2v) is 7.11. The van der Waals surface area contributed by atoms with Gasteiger partial charge in [-0.15, -0.1) is 0 Å². The van der Waals surface area contributed by atoms with Crippen LogP contribution >= 0.6 is 0 Å². The van der Waals surface area contributed by atoms with Gasteiger partial charge in [-0.25, -0.2) is 40.9 Å². The molecule has 0 aliphatic carbocycles. The maximum absolute atomic E-state index is 13.7. The van der Waals surface area contributed by atoms with Crippen molar-refractivity contribution in [2.45, 2.75) is 20.8 Å². The van der Waals surface area contributed by atoms with E-state index in [-0.39, 0.29) is 36.6 Å². The first kappa shape index (κ1) is 29.7. The zero-order valence-corrected chi connectivity index (χ0v) is 20.0. The molecular formula is C24H20F6N2O6. The molecule has 3 N–H and O–H groups in total. The summed E-state index contributed by atoms with van der Waals surface area (Å²) >= 11 is 0. The molecule has 0 aliphatic rings. The van der Waals surface area contributed by atoms with Gasteiger partial charge in [0.1, 0.15) is 11.6 Å². The molecule has 14 heteroatoms. The number of hydrogen-bond acceptors (Lipinski definition) is 8. The van der Waals surface area contributed by atoms with Crippen molar-refractivity contribution in [1.29, 1.82) is 0 Å². The quantitative estimate of drug-likeness (QED) is 0.144. The Labute approximate surface area is 211 Å². The Hall–Kier alpha value is -4.49. The summed E-state index contributed by atoms with van der Waals surface area (Å²) in [6, 6.07) is 1.61. The standard InChI is InChI=1S/C13H10F3NO3.C11H10F3NO3/c1-3-19-13(18)11-12(20-6(2)17-11)7-4-9(15)10(16)5-8(7)14;1-2-18-11(17)9(15)10(16)5-3-7(13)8(14)4-6(5)12/h4-5H,3H2,1-2H3;3-4,16H,2,15H2,1H3/b;10-9-. The largest absolute Gasteiger partial charge is 0.505 e. The third-order valence-corrected chi connectivity index (χ3v) is 4.47. The molecule has 1 aromatic heterocycles. The fourth-order valence-corrected chi connectivity index (χ4v) is 2.80. The monoisotopic (exact) mass is 546 g/mol. The summed E-state index contributed by atoms with van der Waals surface area (Å²) in [7, 11) is 0. The van der Waals surface area contributed by atoms with E-state index >= 15 is 0 Å². The zero-order valence-electron chi connectivity index (χ0n) is 20.0. The molecule has 0 unspecified atom stereocenters. The number of rotatable bonds is 6. The maximum atomic E-state index is 13.7. The normalized spacial score (nSPS) is 11.3. The number of aryl methyl sites for hydroxylation is 1. The van der Waals surface area contributed by atoms with Crippen LogP contribution in [0.2, 0.25) is 0 Å². The Balaban J connectivity index is 0.000000269. The first-order valence-electron chi connectivity index (χ1n) is 10.6. The molecule has 1 heterocycles. The van der Waals surface area contributed by atoms with Crippen molar-refractivity contribution in [2.24, 2.45) is 5.73 Å². The van der Waals surface area contributed by atoms with Crippen molar-refractivity contribution in [2.75, 3.05) is 13.2 Å². The fourth-order valence-electron chi connectivity index (χ4n) is 2.80. The van der Waals surface area contributed by atoms with E-state index in [0.29, 0.717) is 18.2 Å². The predicted octanol–water partition coefficient (Wildman–Crippen LogP) is 5.10. The van der Waals surface area contributed by atoms with Crippen LogP contribution in [0.1, 0.15) is 35.8 Å². The summed E-state index contributed by atoms with van der Waals surface area (Å²) in [5, 5.41) is 9.51. The van der Waals surface area contributed by atoms with E-state index in [4.69, 9.17) is 14.9 Å². The van der Waals surface area contributed by atoms with E-state index in [1.54, 1.807) is 6.92 Å². The van der Waals surface area contributed by atoms with Gasteiger partial charge in [0.05, 0.1) is 24.3 Å². The summed E-state index contributed by atoms with van der Waals surface area (Å²) in [5.41, 5.74) is 3.02. The van der Waals surface area contributed by atoms with Crippen LogP contribution in [0.3, 0.4) is 0 Å². The van der Waals surface area contributed by atoms with Crippen LogP contribution in [0, 0.1) is 41.8 Å². The molecule has 0 amide bonds. The summed E-state index contributed by atoms with van der Waals surface area (Å²) in [4.78, 5) is 26.6. The van der Waals surface area contributed by atoms with Gasteiger partial charge in [-0.1, -0.05) is 0 Å². The van der Waals surface area contributed by atoms with E-state index in [1.165, 1.54) is 13.8 Å². The summed E-state index contributed by atoms with van der Waals surface area (Å²) in [6.07, 6.45) is 0. The Kier molecular flexibility index (Phi) is 9.90. The van der Waals surface area contributed by atoms with E-state index in [1.807, 2.05) is 0 Å². The van der Waals surface area contributed by atoms with Gasteiger partial charge >= 0.3 is 11.9 Å². The molecule has 3 aromatic rings. The van der Waals surface area contributed by atoms with Crippen LogP contribution < -0.4 is 5.73 Å². The smallest absolute Gasteiger partial charge is 0.360 e. The lowest BCUT2D eigenvalue weighted by Gasteiger charge is -2.07. The molecule has 0 spiro atoms. The SMILES string of the molecule is CCOC(=O)/C(N)=C(/O)c1cc(F)c(F)cc1F.CCOC(=O)c1nc(C)oc1-c1cc(F)c(F)cc1F. The molecule has 0 saturated carbocycles. The van der Waals surface area contributed by atoms with E-state index in [0.717, 1.165) is 0 Å². The summed E-state index contributed by atoms with van der Waals surface area (Å²) in [6.45, 7) is 4.60. The number of benzene rings is 2. The lowest BCUT2D eigenvalue weighted by Crippen LogP contribution is -2.17. The highest BCUT2D eigenvalue weighted by molar-refractivity contribution is 5.95. The molecule has 0 aliphatic heterocycles. The molecule has 0 saturated heterocycles. The van der Waals surface area contributed by atoms with Crippen molar-refractivity contribution in [3.8, 4) is 11.3 Å². The van der Waals surface area contributed by atoms with Crippen LogP contribution in [-0.2, 0) is 14.3 Å². The predicted molar refractivity (Wildman–Crippen MR) is 119 cm³/mol. The third-order valence-electron chi connectivity index (χ3n) is 4.47. The number of nitrogens with zero attached hydrogens (tertiary/aromatic N) is 1. The number of halogens is 6. The van der Waals surface area contributed by atoms with Crippen LogP contribution in [0.4, 0.5) is 26.3 Å². The fraction of sp³-hybridized carbons (Fsp3) is 0.208. The van der Waals surface area contributed by atoms with E-state index < -0.39 is 69.4 Å². The minimum atomic E-state index is -1.42. The zero-order chi connectivity index (χ0) is 28.7. The van der Waals surface area contributed by atoms with Gasteiger partial charge in [-0.05, 0) is 26.0 Å². The van der Waals surface area contributed by atoms with Gasteiger partial charge in [0.2, 0.25) is 0 Å². The van der Waals surface area contributed by atoms with Gasteiger partial charge < -0.3 is 24.7 Å². The molecule has 0 atom stereocenters. The Morgan fingerprint density at radius 1 is 0.868 bits per heavy atom. The highest BCUT2D eigenvalue weighted by Crippen LogP contribution is 2.29. The van der Waals surface area contributed by atoms with Crippen molar-refractivity contribution in [1.82, 2.24) is 4.98 Å². The Morgan fingerprint density at radius 3 is 1.97 bits per heavy atom. The Morgan fingerprint density at radius 2 is 1.39 bits per heavy atom. The highest BCUT2D eigenvalue weighted by Gasteiger charge is 2.25. The van der Waals surface area contributed by atoms with Gasteiger partial charge in [-0.2, -0.15) is 0 Å². The second kappa shape index (κ2) is 12.7. The first-order valence-corrected chi connectivity index (χ1v) is 10.6. The first-order chi connectivity index (χ1) is 17.8. The molecular weight excluding hydrogens is 526 g/mol. The van der Waals surface area contributed by atoms with Crippen LogP contribution in [0.15, 0.2) is 34.4 Å². The molecule has 204 valence electrons. The van der Waals surface area contributed by atoms with Crippen molar-refractivity contribution < 1.29 is 54.9 Å². The number of carbonyl (C=O) groups excluding carboxylic acids is 2. The van der Waals surface area contributed by atoms with Crippen molar-refractivity contribution in [3.63, 3.8) is 0 Å². The van der Waals surface area contributed by atoms with Gasteiger partial charge in [0.25, 0.3) is 0 Å². The van der Waals surface area contributed by atoms with E-state index in [9.17, 15) is 41.0 Å². The minimum absolute atomic E-state index is 0.00687. The number of aromatic nitrogens is 1. The Bertz CT molecular complexity index is 1390. The molecule has 38 heavy (non-hydrogen) atoms. The topological polar surface area (TPSA) is 125 Å². The number of oxazole rings is 1. The average Bonchev–Trinajstić information content (AvgIpc) is 3.25. The molecule has 3 rings (SSSR count). The van der Waals surface area contributed by atoms with Crippen molar-refractivity contribution in [3.05, 3.63) is 82.0 Å². The number of aliphatic hydroxyl groups is 1. The average molecular weight is 546 g/mol. The molecule has 0 bridgehead atoms. The minimum Gasteiger partial charge on any atom is -0.505 e. The highest BCUT2D eigenvalue weighted by atomic mass is 19.2. The second-order valence-electron chi connectivity index (χ2n) is 7.11. The molecule has 8 nitrogen and oxygen atoms in total. The van der Waals surface area contributed by atoms with Gasteiger partial charge in [0, 0.05) is 19.1 Å².